The van der Waals surface area contributed by atoms with E-state index in [9.17, 15) is 9.59 Å². The second-order valence-corrected chi connectivity index (χ2v) is 5.08. The average Bonchev–Trinajstić information content (AvgIpc) is 2.29. The lowest BCUT2D eigenvalue weighted by atomic mass is 9.86. The number of carbonyl (C=O) groups excluding carboxylic acids is 1. The van der Waals surface area contributed by atoms with Crippen molar-refractivity contribution >= 4 is 11.9 Å². The number of aromatic nitrogens is 2. The van der Waals surface area contributed by atoms with Crippen molar-refractivity contribution in [1.29, 1.82) is 0 Å². The van der Waals surface area contributed by atoms with Crippen LogP contribution in [-0.2, 0) is 4.79 Å². The molecule has 1 N–H and O–H groups in total. The molecule has 1 aromatic rings. The summed E-state index contributed by atoms with van der Waals surface area (Å²) in [7, 11) is 0. The zero-order valence-corrected chi connectivity index (χ0v) is 11.3. The van der Waals surface area contributed by atoms with Gasteiger partial charge in [-0.05, 0) is 19.9 Å². The summed E-state index contributed by atoms with van der Waals surface area (Å²) < 4.78 is 0. The van der Waals surface area contributed by atoms with Crippen LogP contribution in [0.1, 0.15) is 28.7 Å². The van der Waals surface area contributed by atoms with Gasteiger partial charge in [0, 0.05) is 19.0 Å². The van der Waals surface area contributed by atoms with E-state index < -0.39 is 11.9 Å². The molecule has 6 nitrogen and oxygen atoms in total. The van der Waals surface area contributed by atoms with Gasteiger partial charge >= 0.3 is 5.97 Å². The molecule has 1 atom stereocenters. The zero-order valence-electron chi connectivity index (χ0n) is 11.3. The van der Waals surface area contributed by atoms with Crippen LogP contribution in [0.25, 0.3) is 0 Å². The second-order valence-electron chi connectivity index (χ2n) is 5.08. The Balaban J connectivity index is 2.04. The van der Waals surface area contributed by atoms with Crippen molar-refractivity contribution in [2.24, 2.45) is 11.8 Å². The highest BCUT2D eigenvalue weighted by molar-refractivity contribution is 5.95. The smallest absolute Gasteiger partial charge is 0.306 e. The predicted octanol–water partition coefficient (Wildman–Crippen LogP) is 0.886. The van der Waals surface area contributed by atoms with Crippen molar-refractivity contribution in [2.45, 2.75) is 20.8 Å². The maximum absolute atomic E-state index is 12.2. The van der Waals surface area contributed by atoms with Gasteiger partial charge in [-0.15, -0.1) is 0 Å². The minimum Gasteiger partial charge on any atom is -0.481 e. The first-order valence-electron chi connectivity index (χ1n) is 6.23. The fourth-order valence-corrected chi connectivity index (χ4v) is 2.13. The lowest BCUT2D eigenvalue weighted by molar-refractivity contribution is -0.144. The summed E-state index contributed by atoms with van der Waals surface area (Å²) in [6.45, 7) is 6.20. The third-order valence-corrected chi connectivity index (χ3v) is 3.62. The summed E-state index contributed by atoms with van der Waals surface area (Å²) in [6.07, 6.45) is 0. The van der Waals surface area contributed by atoms with Gasteiger partial charge in [0.2, 0.25) is 0 Å². The molecular formula is C13H17N3O3. The molecule has 0 aliphatic carbocycles. The maximum Gasteiger partial charge on any atom is 0.306 e. The Hall–Kier alpha value is -1.98. The molecule has 1 amide bonds. The number of hydrogen-bond donors (Lipinski definition) is 1. The van der Waals surface area contributed by atoms with Crippen LogP contribution >= 0.6 is 0 Å². The van der Waals surface area contributed by atoms with Gasteiger partial charge in [-0.3, -0.25) is 9.59 Å². The van der Waals surface area contributed by atoms with Gasteiger partial charge in [-0.25, -0.2) is 0 Å². The Kier molecular flexibility index (Phi) is 3.50. The van der Waals surface area contributed by atoms with Crippen LogP contribution in [0.4, 0.5) is 0 Å². The molecule has 1 aliphatic rings. The molecule has 1 unspecified atom stereocenters. The van der Waals surface area contributed by atoms with Crippen molar-refractivity contribution in [3.8, 4) is 0 Å². The number of amides is 1. The fourth-order valence-electron chi connectivity index (χ4n) is 2.13. The Morgan fingerprint density at radius 2 is 2.00 bits per heavy atom. The minimum atomic E-state index is -0.810. The van der Waals surface area contributed by atoms with Crippen molar-refractivity contribution in [3.05, 3.63) is 23.0 Å². The third kappa shape index (κ3) is 2.57. The molecule has 0 radical (unpaired) electrons. The predicted molar refractivity (Wildman–Crippen MR) is 67.7 cm³/mol. The van der Waals surface area contributed by atoms with E-state index in [4.69, 9.17) is 5.11 Å². The first kappa shape index (κ1) is 13.5. The van der Waals surface area contributed by atoms with Crippen LogP contribution in [0.3, 0.4) is 0 Å². The molecular weight excluding hydrogens is 246 g/mol. The van der Waals surface area contributed by atoms with Crippen molar-refractivity contribution in [3.63, 3.8) is 0 Å². The SMILES string of the molecule is Cc1cc(C(=O)N2CC(C(C)C(=O)O)C2)c(C)nn1. The monoisotopic (exact) mass is 263 g/mol. The normalized spacial score (nSPS) is 16.9. The molecule has 2 rings (SSSR count). The Labute approximate surface area is 111 Å². The number of carboxylic acid groups (broad SMARTS) is 1. The number of carbonyl (C=O) groups is 2. The molecule has 2 heterocycles. The fraction of sp³-hybridized carbons (Fsp3) is 0.538. The highest BCUT2D eigenvalue weighted by Crippen LogP contribution is 2.26. The number of aliphatic carboxylic acids is 1. The van der Waals surface area contributed by atoms with E-state index in [0.29, 0.717) is 30.0 Å². The molecule has 1 saturated heterocycles. The van der Waals surface area contributed by atoms with Crippen LogP contribution in [0.2, 0.25) is 0 Å². The molecule has 0 saturated carbocycles. The van der Waals surface area contributed by atoms with E-state index in [-0.39, 0.29) is 11.8 Å². The summed E-state index contributed by atoms with van der Waals surface area (Å²) in [5.41, 5.74) is 1.85. The third-order valence-electron chi connectivity index (χ3n) is 3.62. The average molecular weight is 263 g/mol. The van der Waals surface area contributed by atoms with E-state index >= 15 is 0 Å². The minimum absolute atomic E-state index is 0.0395. The number of aryl methyl sites for hydroxylation is 2. The van der Waals surface area contributed by atoms with Crippen molar-refractivity contribution < 1.29 is 14.7 Å². The van der Waals surface area contributed by atoms with Crippen LogP contribution in [0.5, 0.6) is 0 Å². The first-order chi connectivity index (χ1) is 8.90. The van der Waals surface area contributed by atoms with Gasteiger partial charge in [0.1, 0.15) is 0 Å². The molecule has 19 heavy (non-hydrogen) atoms. The number of rotatable bonds is 3. The van der Waals surface area contributed by atoms with E-state index in [0.717, 1.165) is 0 Å². The molecule has 1 aliphatic heterocycles. The van der Waals surface area contributed by atoms with Crippen LogP contribution < -0.4 is 0 Å². The van der Waals surface area contributed by atoms with E-state index in [1.54, 1.807) is 31.7 Å². The molecule has 1 aromatic heterocycles. The summed E-state index contributed by atoms with van der Waals surface area (Å²) in [4.78, 5) is 24.8. The number of hydrogen-bond acceptors (Lipinski definition) is 4. The quantitative estimate of drug-likeness (QED) is 0.875. The summed E-state index contributed by atoms with van der Waals surface area (Å²) in [5.74, 6) is -1.28. The molecule has 6 heteroatoms. The van der Waals surface area contributed by atoms with Crippen LogP contribution in [-0.4, -0.2) is 45.2 Å². The highest BCUT2D eigenvalue weighted by Gasteiger charge is 2.37. The maximum atomic E-state index is 12.2. The molecule has 1 fully saturated rings. The Morgan fingerprint density at radius 1 is 1.37 bits per heavy atom. The first-order valence-corrected chi connectivity index (χ1v) is 6.23. The van der Waals surface area contributed by atoms with E-state index in [1.807, 2.05) is 0 Å². The van der Waals surface area contributed by atoms with Gasteiger partial charge < -0.3 is 10.0 Å². The molecule has 0 spiro atoms. The van der Waals surface area contributed by atoms with Gasteiger partial charge in [-0.1, -0.05) is 6.92 Å². The number of nitrogens with zero attached hydrogens (tertiary/aromatic N) is 3. The van der Waals surface area contributed by atoms with Crippen molar-refractivity contribution in [2.75, 3.05) is 13.1 Å². The van der Waals surface area contributed by atoms with Crippen LogP contribution in [0, 0.1) is 25.7 Å². The van der Waals surface area contributed by atoms with Gasteiger partial charge in [0.05, 0.1) is 22.9 Å². The Bertz CT molecular complexity index is 524. The molecule has 0 aromatic carbocycles. The summed E-state index contributed by atoms with van der Waals surface area (Å²) in [6, 6.07) is 1.72. The van der Waals surface area contributed by atoms with Crippen molar-refractivity contribution in [1.82, 2.24) is 15.1 Å². The molecule has 0 bridgehead atoms. The Morgan fingerprint density at radius 3 is 2.58 bits per heavy atom. The summed E-state index contributed by atoms with van der Waals surface area (Å²) >= 11 is 0. The summed E-state index contributed by atoms with van der Waals surface area (Å²) in [5, 5.41) is 16.7. The van der Waals surface area contributed by atoms with E-state index in [1.165, 1.54) is 0 Å². The van der Waals surface area contributed by atoms with Gasteiger partial charge in [0.15, 0.2) is 0 Å². The van der Waals surface area contributed by atoms with Gasteiger partial charge in [-0.2, -0.15) is 10.2 Å². The molecule has 102 valence electrons. The highest BCUT2D eigenvalue weighted by atomic mass is 16.4. The number of likely N-dealkylation sites (tertiary alicyclic amines) is 1. The second kappa shape index (κ2) is 4.95. The van der Waals surface area contributed by atoms with E-state index in [2.05, 4.69) is 10.2 Å². The standard InChI is InChI=1S/C13H17N3O3/c1-7-4-11(9(3)15-14-7)12(17)16-5-10(6-16)8(2)13(18)19/h4,8,10H,5-6H2,1-3H3,(H,18,19). The lowest BCUT2D eigenvalue weighted by Gasteiger charge is -2.41. The largest absolute Gasteiger partial charge is 0.481 e. The van der Waals surface area contributed by atoms with Gasteiger partial charge in [0.25, 0.3) is 5.91 Å². The topological polar surface area (TPSA) is 83.4 Å². The number of carboxylic acids is 1. The van der Waals surface area contributed by atoms with Crippen LogP contribution in [0.15, 0.2) is 6.07 Å². The lowest BCUT2D eigenvalue weighted by Crippen LogP contribution is -2.53. The zero-order chi connectivity index (χ0) is 14.2.